The van der Waals surface area contributed by atoms with Gasteiger partial charge < -0.3 is 29.1 Å². The van der Waals surface area contributed by atoms with Crippen molar-refractivity contribution in [2.75, 3.05) is 12.4 Å². The Balaban J connectivity index is -0.00000133. The van der Waals surface area contributed by atoms with Crippen LogP contribution in [0, 0.1) is 0 Å². The number of ether oxygens (including phenoxy) is 1. The van der Waals surface area contributed by atoms with E-state index < -0.39 is 38.9 Å². The fourth-order valence-corrected chi connectivity index (χ4v) is 1.82. The maximum absolute atomic E-state index is 10.7. The molecular formula is C11H9Na3O8S. The molecule has 0 unspecified atom stereocenters. The number of rotatable bonds is 7. The van der Waals surface area contributed by atoms with Crippen LogP contribution >= 0.6 is 0 Å². The van der Waals surface area contributed by atoms with Gasteiger partial charge in [0.25, 0.3) is 0 Å². The van der Waals surface area contributed by atoms with E-state index in [0.717, 1.165) is 18.2 Å². The summed E-state index contributed by atoms with van der Waals surface area (Å²) < 4.78 is 36.0. The molecule has 0 heterocycles. The molecule has 0 saturated carbocycles. The van der Waals surface area contributed by atoms with Crippen LogP contribution in [-0.4, -0.2) is 37.3 Å². The van der Waals surface area contributed by atoms with Gasteiger partial charge in [0.2, 0.25) is 0 Å². The first-order chi connectivity index (χ1) is 9.19. The Labute approximate surface area is 199 Å². The van der Waals surface area contributed by atoms with Gasteiger partial charge >= 0.3 is 88.7 Å². The zero-order valence-corrected chi connectivity index (χ0v) is 19.8. The van der Waals surface area contributed by atoms with E-state index in [0.29, 0.717) is 0 Å². The van der Waals surface area contributed by atoms with Crippen LogP contribution in [0.4, 0.5) is 0 Å². The molecule has 1 rings (SSSR count). The van der Waals surface area contributed by atoms with Crippen molar-refractivity contribution in [3.63, 3.8) is 0 Å². The quantitative estimate of drug-likeness (QED) is 0.261. The van der Waals surface area contributed by atoms with Crippen LogP contribution < -0.4 is 104 Å². The van der Waals surface area contributed by atoms with Crippen molar-refractivity contribution >= 4 is 22.1 Å². The number of hydrogen-bond donors (Lipinski definition) is 0. The third-order valence-corrected chi connectivity index (χ3v) is 2.97. The van der Waals surface area contributed by atoms with E-state index in [1.54, 1.807) is 0 Å². The molecule has 0 atom stereocenters. The van der Waals surface area contributed by atoms with Crippen LogP contribution in [0.2, 0.25) is 0 Å². The predicted molar refractivity (Wildman–Crippen MR) is 59.8 cm³/mol. The van der Waals surface area contributed by atoms with E-state index in [-0.39, 0.29) is 107 Å². The summed E-state index contributed by atoms with van der Waals surface area (Å²) in [6.45, 7) is -0.190. The number of benzene rings is 1. The molecule has 0 amide bonds. The second kappa shape index (κ2) is 13.1. The van der Waals surface area contributed by atoms with Crippen LogP contribution in [0.15, 0.2) is 18.2 Å². The molecule has 0 aliphatic heterocycles. The van der Waals surface area contributed by atoms with Crippen LogP contribution in [0.25, 0.3) is 0 Å². The minimum absolute atomic E-state index is 0. The zero-order chi connectivity index (χ0) is 15.3. The summed E-state index contributed by atoms with van der Waals surface area (Å²) >= 11 is 0. The largest absolute Gasteiger partial charge is 1.00 e. The van der Waals surface area contributed by atoms with E-state index in [1.807, 2.05) is 0 Å². The predicted octanol–water partition coefficient (Wildman–Crippen LogP) is -11.3. The minimum atomic E-state index is -4.36. The third kappa shape index (κ3) is 12.0. The Bertz CT molecular complexity index is 600. The zero-order valence-electron chi connectivity index (χ0n) is 13.0. The van der Waals surface area contributed by atoms with Crippen molar-refractivity contribution in [1.29, 1.82) is 0 Å². The first-order valence-electron chi connectivity index (χ1n) is 5.33. The topological polar surface area (TPSA) is 147 Å². The smallest absolute Gasteiger partial charge is 0.748 e. The van der Waals surface area contributed by atoms with E-state index in [4.69, 9.17) is 4.74 Å². The molecule has 0 aliphatic carbocycles. The summed E-state index contributed by atoms with van der Waals surface area (Å²) in [7, 11) is -4.36. The number of carbonyl (C=O) groups excluding carboxylic acids is 2. The molecular weight excluding hydrogens is 361 g/mol. The molecule has 23 heavy (non-hydrogen) atoms. The van der Waals surface area contributed by atoms with Crippen LogP contribution in [0.3, 0.4) is 0 Å². The summed E-state index contributed by atoms with van der Waals surface area (Å²) in [6.07, 6.45) is -0.109. The molecule has 0 radical (unpaired) electrons. The van der Waals surface area contributed by atoms with Gasteiger partial charge in [0.15, 0.2) is 0 Å². The van der Waals surface area contributed by atoms with Crippen LogP contribution in [0.5, 0.6) is 5.75 Å². The van der Waals surface area contributed by atoms with Gasteiger partial charge in [-0.1, -0.05) is 0 Å². The van der Waals surface area contributed by atoms with E-state index in [1.165, 1.54) is 0 Å². The molecule has 110 valence electrons. The maximum atomic E-state index is 10.7. The normalized spacial score (nSPS) is 9.61. The minimum Gasteiger partial charge on any atom is -0.748 e. The molecule has 0 fully saturated rings. The summed E-state index contributed by atoms with van der Waals surface area (Å²) in [4.78, 5) is 21.4. The van der Waals surface area contributed by atoms with Crippen molar-refractivity contribution in [1.82, 2.24) is 0 Å². The monoisotopic (exact) mass is 370 g/mol. The van der Waals surface area contributed by atoms with Gasteiger partial charge in [-0.05, 0) is 24.6 Å². The van der Waals surface area contributed by atoms with Gasteiger partial charge in [-0.25, -0.2) is 8.42 Å². The molecule has 0 aliphatic rings. The van der Waals surface area contributed by atoms with Crippen molar-refractivity contribution in [2.24, 2.45) is 0 Å². The van der Waals surface area contributed by atoms with Gasteiger partial charge in [-0.15, -0.1) is 0 Å². The molecule has 0 bridgehead atoms. The molecule has 0 aromatic heterocycles. The summed E-state index contributed by atoms with van der Waals surface area (Å²) in [5.41, 5.74) is -0.837. The Hall–Kier alpha value is 0.870. The average molecular weight is 370 g/mol. The third-order valence-electron chi connectivity index (χ3n) is 2.19. The van der Waals surface area contributed by atoms with Crippen LogP contribution in [-0.2, 0) is 10.1 Å². The number of carbonyl (C=O) groups is 2. The number of carboxylic acid groups (broad SMARTS) is 2. The van der Waals surface area contributed by atoms with Gasteiger partial charge in [-0.2, -0.15) is 0 Å². The van der Waals surface area contributed by atoms with Gasteiger partial charge in [0.05, 0.1) is 28.7 Å². The molecule has 12 heteroatoms. The van der Waals surface area contributed by atoms with E-state index in [9.17, 15) is 32.8 Å². The van der Waals surface area contributed by atoms with E-state index in [2.05, 4.69) is 0 Å². The fraction of sp³-hybridized carbons (Fsp3) is 0.273. The molecule has 0 N–H and O–H groups in total. The first kappa shape index (κ1) is 28.7. The Kier molecular flexibility index (Phi) is 16.4. The van der Waals surface area contributed by atoms with Crippen LogP contribution in [0.1, 0.15) is 27.1 Å². The Morgan fingerprint density at radius 3 is 1.74 bits per heavy atom. The summed E-state index contributed by atoms with van der Waals surface area (Å²) in [5, 5.41) is 21.4. The molecule has 8 nitrogen and oxygen atoms in total. The molecule has 0 saturated heterocycles. The number of aromatic carboxylic acids is 2. The SMILES string of the molecule is O=C([O-])c1cc(OCCCS(=O)(=O)[O-])cc(C(=O)[O-])c1.[Na+].[Na+].[Na+]. The summed E-state index contributed by atoms with van der Waals surface area (Å²) in [5.74, 6) is -3.94. The maximum Gasteiger partial charge on any atom is 1.00 e. The summed E-state index contributed by atoms with van der Waals surface area (Å²) in [6, 6.07) is 2.89. The Morgan fingerprint density at radius 2 is 1.39 bits per heavy atom. The first-order valence-corrected chi connectivity index (χ1v) is 6.91. The molecule has 1 aromatic rings. The van der Waals surface area contributed by atoms with Gasteiger partial charge in [-0.3, -0.25) is 0 Å². The van der Waals surface area contributed by atoms with Crippen molar-refractivity contribution < 1.29 is 126 Å². The number of hydrogen-bond acceptors (Lipinski definition) is 8. The Morgan fingerprint density at radius 1 is 0.957 bits per heavy atom. The second-order valence-corrected chi connectivity index (χ2v) is 5.31. The molecule has 0 spiro atoms. The van der Waals surface area contributed by atoms with Gasteiger partial charge in [0, 0.05) is 16.9 Å². The fourth-order valence-electron chi connectivity index (χ4n) is 1.34. The second-order valence-electron chi connectivity index (χ2n) is 3.78. The molecule has 1 aromatic carbocycles. The van der Waals surface area contributed by atoms with Crippen molar-refractivity contribution in [2.45, 2.75) is 6.42 Å². The van der Waals surface area contributed by atoms with Gasteiger partial charge in [0.1, 0.15) is 5.75 Å². The number of carboxylic acids is 2. The van der Waals surface area contributed by atoms with E-state index >= 15 is 0 Å². The average Bonchev–Trinajstić information content (AvgIpc) is 2.33. The van der Waals surface area contributed by atoms with Crippen molar-refractivity contribution in [3.05, 3.63) is 29.3 Å². The standard InChI is InChI=1S/C11H12O8S.3Na/c12-10(13)7-4-8(11(14)15)6-9(5-7)19-2-1-3-20(16,17)18;;;/h4-6H,1-3H2,(H,12,13)(H,14,15)(H,16,17,18);;;/q;3*+1/p-3. The van der Waals surface area contributed by atoms with Crippen molar-refractivity contribution in [3.8, 4) is 5.75 Å².